The highest BCUT2D eigenvalue weighted by molar-refractivity contribution is 5.93. The highest BCUT2D eigenvalue weighted by Crippen LogP contribution is 2.10. The highest BCUT2D eigenvalue weighted by atomic mass is 16.2. The number of carbonyl (C=O) groups is 3. The SMILES string of the molecule is CC(=O)NNC(=O)/C=C/c1ccc(NC(C)=O)cc1. The first kappa shape index (κ1) is 14.4. The molecule has 0 aliphatic heterocycles. The zero-order valence-corrected chi connectivity index (χ0v) is 10.7. The second-order valence-corrected chi connectivity index (χ2v) is 3.81. The van der Waals surface area contributed by atoms with E-state index in [2.05, 4.69) is 16.2 Å². The van der Waals surface area contributed by atoms with Crippen LogP contribution in [0, 0.1) is 0 Å². The largest absolute Gasteiger partial charge is 0.326 e. The van der Waals surface area contributed by atoms with E-state index in [0.29, 0.717) is 5.69 Å². The number of carbonyl (C=O) groups excluding carboxylic acids is 3. The van der Waals surface area contributed by atoms with Gasteiger partial charge in [-0.15, -0.1) is 0 Å². The molecule has 0 fully saturated rings. The van der Waals surface area contributed by atoms with Gasteiger partial charge in [-0.25, -0.2) is 0 Å². The maximum Gasteiger partial charge on any atom is 0.262 e. The lowest BCUT2D eigenvalue weighted by Gasteiger charge is -2.02. The Hall–Kier alpha value is -2.63. The summed E-state index contributed by atoms with van der Waals surface area (Å²) in [7, 11) is 0. The van der Waals surface area contributed by atoms with Crippen LogP contribution in [0.4, 0.5) is 5.69 Å². The van der Waals surface area contributed by atoms with E-state index in [1.807, 2.05) is 0 Å². The van der Waals surface area contributed by atoms with Gasteiger partial charge in [0.2, 0.25) is 11.8 Å². The molecule has 3 amide bonds. The van der Waals surface area contributed by atoms with Gasteiger partial charge in [0.1, 0.15) is 0 Å². The average molecular weight is 261 g/mol. The number of hydrogen-bond donors (Lipinski definition) is 3. The fraction of sp³-hybridized carbons (Fsp3) is 0.154. The van der Waals surface area contributed by atoms with E-state index < -0.39 is 5.91 Å². The second kappa shape index (κ2) is 6.95. The minimum atomic E-state index is -0.430. The number of hydrogen-bond acceptors (Lipinski definition) is 3. The molecule has 0 saturated carbocycles. The van der Waals surface area contributed by atoms with E-state index >= 15 is 0 Å². The Morgan fingerprint density at radius 2 is 1.58 bits per heavy atom. The standard InChI is InChI=1S/C13H15N3O3/c1-9(17)14-12-6-3-11(4-7-12)5-8-13(19)16-15-10(2)18/h3-8H,1-2H3,(H,14,17)(H,15,18)(H,16,19)/b8-5+. The lowest BCUT2D eigenvalue weighted by Crippen LogP contribution is -2.39. The molecule has 3 N–H and O–H groups in total. The number of rotatable bonds is 3. The van der Waals surface area contributed by atoms with Crippen LogP contribution in [0.3, 0.4) is 0 Å². The van der Waals surface area contributed by atoms with E-state index in [0.717, 1.165) is 5.56 Å². The van der Waals surface area contributed by atoms with Crippen LogP contribution >= 0.6 is 0 Å². The summed E-state index contributed by atoms with van der Waals surface area (Å²) >= 11 is 0. The summed E-state index contributed by atoms with van der Waals surface area (Å²) < 4.78 is 0. The fourth-order valence-corrected chi connectivity index (χ4v) is 1.24. The quantitative estimate of drug-likeness (QED) is 0.556. The summed E-state index contributed by atoms with van der Waals surface area (Å²) in [6, 6.07) is 6.97. The van der Waals surface area contributed by atoms with Crippen LogP contribution < -0.4 is 16.2 Å². The molecule has 0 aromatic heterocycles. The zero-order valence-electron chi connectivity index (χ0n) is 10.7. The van der Waals surface area contributed by atoms with Gasteiger partial charge in [0.05, 0.1) is 0 Å². The average Bonchev–Trinajstić information content (AvgIpc) is 2.35. The molecular weight excluding hydrogens is 246 g/mol. The van der Waals surface area contributed by atoms with E-state index in [4.69, 9.17) is 0 Å². The van der Waals surface area contributed by atoms with Crippen molar-refractivity contribution in [3.05, 3.63) is 35.9 Å². The van der Waals surface area contributed by atoms with Crippen molar-refractivity contribution in [3.8, 4) is 0 Å². The Labute approximate surface area is 110 Å². The van der Waals surface area contributed by atoms with Gasteiger partial charge in [-0.1, -0.05) is 12.1 Å². The molecule has 1 rings (SSSR count). The van der Waals surface area contributed by atoms with Crippen molar-refractivity contribution in [2.24, 2.45) is 0 Å². The summed E-state index contributed by atoms with van der Waals surface area (Å²) in [6.07, 6.45) is 2.89. The summed E-state index contributed by atoms with van der Waals surface area (Å²) in [5.74, 6) is -0.916. The molecule has 0 saturated heterocycles. The van der Waals surface area contributed by atoms with Crippen LogP contribution in [0.1, 0.15) is 19.4 Å². The molecule has 6 nitrogen and oxygen atoms in total. The molecule has 0 bridgehead atoms. The summed E-state index contributed by atoms with van der Waals surface area (Å²) in [4.78, 5) is 32.7. The van der Waals surface area contributed by atoms with Gasteiger partial charge >= 0.3 is 0 Å². The Kier molecular flexibility index (Phi) is 5.28. The molecule has 100 valence electrons. The van der Waals surface area contributed by atoms with Gasteiger partial charge in [-0.05, 0) is 23.8 Å². The molecule has 0 unspecified atom stereocenters. The van der Waals surface area contributed by atoms with Crippen molar-refractivity contribution in [3.63, 3.8) is 0 Å². The molecule has 1 aromatic rings. The third-order valence-corrected chi connectivity index (χ3v) is 2.02. The van der Waals surface area contributed by atoms with Crippen LogP contribution in [0.2, 0.25) is 0 Å². The van der Waals surface area contributed by atoms with Gasteiger partial charge in [-0.3, -0.25) is 25.2 Å². The van der Waals surface area contributed by atoms with Crippen molar-refractivity contribution in [2.45, 2.75) is 13.8 Å². The number of benzene rings is 1. The lowest BCUT2D eigenvalue weighted by molar-refractivity contribution is -0.125. The lowest BCUT2D eigenvalue weighted by atomic mass is 10.2. The van der Waals surface area contributed by atoms with Crippen LogP contribution in [-0.4, -0.2) is 17.7 Å². The van der Waals surface area contributed by atoms with Gasteiger partial charge < -0.3 is 5.32 Å². The fourth-order valence-electron chi connectivity index (χ4n) is 1.24. The Morgan fingerprint density at radius 1 is 0.947 bits per heavy atom. The van der Waals surface area contributed by atoms with Crippen LogP contribution in [-0.2, 0) is 14.4 Å². The molecule has 0 radical (unpaired) electrons. The summed E-state index contributed by atoms with van der Waals surface area (Å²) in [6.45, 7) is 2.73. The maximum atomic E-state index is 11.3. The second-order valence-electron chi connectivity index (χ2n) is 3.81. The minimum absolute atomic E-state index is 0.141. The summed E-state index contributed by atoms with van der Waals surface area (Å²) in [5, 5.41) is 2.64. The molecule has 0 aliphatic rings. The zero-order chi connectivity index (χ0) is 14.3. The summed E-state index contributed by atoms with van der Waals surface area (Å²) in [5.41, 5.74) is 5.87. The Morgan fingerprint density at radius 3 is 2.11 bits per heavy atom. The highest BCUT2D eigenvalue weighted by Gasteiger charge is 1.97. The predicted octanol–water partition coefficient (Wildman–Crippen LogP) is 0.825. The molecule has 0 heterocycles. The molecule has 0 aliphatic carbocycles. The van der Waals surface area contributed by atoms with E-state index in [1.54, 1.807) is 30.3 Å². The molecule has 19 heavy (non-hydrogen) atoms. The molecule has 0 atom stereocenters. The molecule has 0 spiro atoms. The van der Waals surface area contributed by atoms with Gasteiger partial charge in [0.25, 0.3) is 5.91 Å². The first-order valence-electron chi connectivity index (χ1n) is 5.59. The van der Waals surface area contributed by atoms with E-state index in [-0.39, 0.29) is 11.8 Å². The first-order chi connectivity index (χ1) is 8.97. The minimum Gasteiger partial charge on any atom is -0.326 e. The third kappa shape index (κ3) is 6.02. The number of anilines is 1. The van der Waals surface area contributed by atoms with Crippen molar-refractivity contribution in [1.29, 1.82) is 0 Å². The normalized spacial score (nSPS) is 10.0. The number of amides is 3. The van der Waals surface area contributed by atoms with Crippen LogP contribution in [0.5, 0.6) is 0 Å². The van der Waals surface area contributed by atoms with Crippen molar-refractivity contribution < 1.29 is 14.4 Å². The smallest absolute Gasteiger partial charge is 0.262 e. The number of nitrogens with one attached hydrogen (secondary N) is 3. The van der Waals surface area contributed by atoms with Crippen LogP contribution in [0.25, 0.3) is 6.08 Å². The molecule has 6 heteroatoms. The molecule has 1 aromatic carbocycles. The van der Waals surface area contributed by atoms with Gasteiger partial charge in [0.15, 0.2) is 0 Å². The van der Waals surface area contributed by atoms with E-state index in [1.165, 1.54) is 19.9 Å². The Balaban J connectivity index is 2.55. The Bertz CT molecular complexity index is 506. The predicted molar refractivity (Wildman–Crippen MR) is 71.7 cm³/mol. The van der Waals surface area contributed by atoms with Crippen molar-refractivity contribution in [2.75, 3.05) is 5.32 Å². The van der Waals surface area contributed by atoms with E-state index in [9.17, 15) is 14.4 Å². The van der Waals surface area contributed by atoms with Gasteiger partial charge in [-0.2, -0.15) is 0 Å². The van der Waals surface area contributed by atoms with Crippen LogP contribution in [0.15, 0.2) is 30.3 Å². The molecular formula is C13H15N3O3. The maximum absolute atomic E-state index is 11.3. The number of hydrazine groups is 1. The van der Waals surface area contributed by atoms with Crippen molar-refractivity contribution >= 4 is 29.5 Å². The topological polar surface area (TPSA) is 87.3 Å². The first-order valence-corrected chi connectivity index (χ1v) is 5.59. The van der Waals surface area contributed by atoms with Gasteiger partial charge in [0, 0.05) is 25.6 Å². The van der Waals surface area contributed by atoms with Crippen molar-refractivity contribution in [1.82, 2.24) is 10.9 Å². The third-order valence-electron chi connectivity index (χ3n) is 2.02. The monoisotopic (exact) mass is 261 g/mol.